The molecule has 0 radical (unpaired) electrons. The number of carbonyl (C=O) groups is 2. The SMILES string of the molecule is COc1ccc([C@H]2C(C(=O)c3ccco3)=C(O)C(=O)N2CCCN(C)C)cc1. The van der Waals surface area contributed by atoms with Gasteiger partial charge in [-0.2, -0.15) is 0 Å². The van der Waals surface area contributed by atoms with Crippen LogP contribution in [0.25, 0.3) is 0 Å². The van der Waals surface area contributed by atoms with E-state index in [9.17, 15) is 14.7 Å². The molecule has 0 saturated carbocycles. The van der Waals surface area contributed by atoms with Gasteiger partial charge in [0.2, 0.25) is 5.78 Å². The van der Waals surface area contributed by atoms with Gasteiger partial charge >= 0.3 is 0 Å². The summed E-state index contributed by atoms with van der Waals surface area (Å²) in [6, 6.07) is 9.56. The highest BCUT2D eigenvalue weighted by molar-refractivity contribution is 6.15. The fourth-order valence-electron chi connectivity index (χ4n) is 3.35. The summed E-state index contributed by atoms with van der Waals surface area (Å²) >= 11 is 0. The second-order valence-electron chi connectivity index (χ2n) is 6.90. The average molecular weight is 384 g/mol. The normalized spacial score (nSPS) is 16.9. The molecule has 0 fully saturated rings. The van der Waals surface area contributed by atoms with E-state index >= 15 is 0 Å². The monoisotopic (exact) mass is 384 g/mol. The zero-order valence-corrected chi connectivity index (χ0v) is 16.2. The molecule has 3 rings (SSSR count). The summed E-state index contributed by atoms with van der Waals surface area (Å²) in [5, 5.41) is 10.5. The number of ketones is 1. The summed E-state index contributed by atoms with van der Waals surface area (Å²) in [7, 11) is 5.47. The molecule has 2 aromatic rings. The highest BCUT2D eigenvalue weighted by Gasteiger charge is 2.44. The maximum Gasteiger partial charge on any atom is 0.290 e. The van der Waals surface area contributed by atoms with Crippen molar-refractivity contribution in [2.45, 2.75) is 12.5 Å². The molecule has 0 bridgehead atoms. The lowest BCUT2D eigenvalue weighted by Gasteiger charge is -2.27. The Morgan fingerprint density at radius 3 is 2.54 bits per heavy atom. The molecule has 7 heteroatoms. The van der Waals surface area contributed by atoms with Crippen molar-refractivity contribution >= 4 is 11.7 Å². The molecule has 1 aromatic carbocycles. The van der Waals surface area contributed by atoms with Crippen LogP contribution in [-0.4, -0.2) is 60.9 Å². The Balaban J connectivity index is 1.99. The molecule has 1 atom stereocenters. The lowest BCUT2D eigenvalue weighted by atomic mass is 9.95. The number of rotatable bonds is 8. The number of Topliss-reactive ketones (excluding diaryl/α,β-unsaturated/α-hetero) is 1. The average Bonchev–Trinajstić information content (AvgIpc) is 3.30. The van der Waals surface area contributed by atoms with Gasteiger partial charge < -0.3 is 24.1 Å². The van der Waals surface area contributed by atoms with Crippen molar-refractivity contribution in [3.05, 3.63) is 65.3 Å². The van der Waals surface area contributed by atoms with Gasteiger partial charge in [0, 0.05) is 6.54 Å². The first-order chi connectivity index (χ1) is 13.4. The molecule has 148 valence electrons. The molecule has 28 heavy (non-hydrogen) atoms. The standard InChI is InChI=1S/C21H24N2O5/c1-22(2)11-5-12-23-18(14-7-9-15(27-3)10-8-14)17(20(25)21(23)26)19(24)16-6-4-13-28-16/h4,6-10,13,18,25H,5,11-12H2,1-3H3/t18-/m0/s1. The molecule has 1 amide bonds. The first-order valence-electron chi connectivity index (χ1n) is 9.05. The number of benzene rings is 1. The number of hydrogen-bond donors (Lipinski definition) is 1. The highest BCUT2D eigenvalue weighted by atomic mass is 16.5. The Bertz CT molecular complexity index is 869. The third-order valence-electron chi connectivity index (χ3n) is 4.73. The van der Waals surface area contributed by atoms with Crippen LogP contribution in [0, 0.1) is 0 Å². The Labute approximate surface area is 163 Å². The van der Waals surface area contributed by atoms with Crippen LogP contribution in [0.1, 0.15) is 28.6 Å². The number of nitrogens with zero attached hydrogens (tertiary/aromatic N) is 2. The van der Waals surface area contributed by atoms with Crippen molar-refractivity contribution in [1.29, 1.82) is 0 Å². The number of aliphatic hydroxyl groups excluding tert-OH is 1. The first-order valence-corrected chi connectivity index (χ1v) is 9.05. The predicted octanol–water partition coefficient (Wildman–Crippen LogP) is 2.82. The molecule has 0 saturated heterocycles. The number of furan rings is 1. The summed E-state index contributed by atoms with van der Waals surface area (Å²) in [4.78, 5) is 29.3. The minimum atomic E-state index is -0.682. The molecule has 1 aliphatic heterocycles. The summed E-state index contributed by atoms with van der Waals surface area (Å²) < 4.78 is 10.4. The van der Waals surface area contributed by atoms with Gasteiger partial charge in [-0.25, -0.2) is 0 Å². The lowest BCUT2D eigenvalue weighted by molar-refractivity contribution is -0.129. The van der Waals surface area contributed by atoms with E-state index in [4.69, 9.17) is 9.15 Å². The van der Waals surface area contributed by atoms with Crippen LogP contribution in [0.3, 0.4) is 0 Å². The minimum absolute atomic E-state index is 0.0370. The van der Waals surface area contributed by atoms with Crippen molar-refractivity contribution in [2.75, 3.05) is 34.3 Å². The fraction of sp³-hybridized carbons (Fsp3) is 0.333. The van der Waals surface area contributed by atoms with Crippen molar-refractivity contribution in [3.8, 4) is 5.75 Å². The molecule has 2 heterocycles. The summed E-state index contributed by atoms with van der Waals surface area (Å²) in [6.45, 7) is 1.19. The van der Waals surface area contributed by atoms with E-state index in [0.717, 1.165) is 12.1 Å². The first kappa shape index (κ1) is 19.7. The van der Waals surface area contributed by atoms with E-state index in [1.54, 1.807) is 37.4 Å². The molecule has 1 aliphatic rings. The quantitative estimate of drug-likeness (QED) is 0.705. The second-order valence-corrected chi connectivity index (χ2v) is 6.90. The molecule has 1 aromatic heterocycles. The predicted molar refractivity (Wildman–Crippen MR) is 103 cm³/mol. The minimum Gasteiger partial charge on any atom is -0.503 e. The van der Waals surface area contributed by atoms with Crippen LogP contribution < -0.4 is 4.74 Å². The van der Waals surface area contributed by atoms with E-state index in [1.807, 2.05) is 19.0 Å². The van der Waals surface area contributed by atoms with Crippen LogP contribution in [0.5, 0.6) is 5.75 Å². The van der Waals surface area contributed by atoms with Crippen LogP contribution in [-0.2, 0) is 4.79 Å². The van der Waals surface area contributed by atoms with Crippen LogP contribution in [0.2, 0.25) is 0 Å². The van der Waals surface area contributed by atoms with Crippen LogP contribution in [0.15, 0.2) is 58.4 Å². The van der Waals surface area contributed by atoms with E-state index in [1.165, 1.54) is 17.2 Å². The van der Waals surface area contributed by atoms with E-state index in [-0.39, 0.29) is 11.3 Å². The highest BCUT2D eigenvalue weighted by Crippen LogP contribution is 2.39. The smallest absolute Gasteiger partial charge is 0.290 e. The van der Waals surface area contributed by atoms with Gasteiger partial charge in [-0.3, -0.25) is 9.59 Å². The van der Waals surface area contributed by atoms with Gasteiger partial charge in [-0.05, 0) is 56.9 Å². The van der Waals surface area contributed by atoms with Gasteiger partial charge in [0.1, 0.15) is 5.75 Å². The third-order valence-corrected chi connectivity index (χ3v) is 4.73. The zero-order chi connectivity index (χ0) is 20.3. The second kappa shape index (κ2) is 8.31. The Morgan fingerprint density at radius 2 is 1.96 bits per heavy atom. The fourth-order valence-corrected chi connectivity index (χ4v) is 3.35. The summed E-state index contributed by atoms with van der Waals surface area (Å²) in [5.74, 6) is -0.810. The molecule has 0 aliphatic carbocycles. The lowest BCUT2D eigenvalue weighted by Crippen LogP contribution is -2.33. The number of ether oxygens (including phenoxy) is 1. The third kappa shape index (κ3) is 3.80. The van der Waals surface area contributed by atoms with Crippen molar-refractivity contribution in [1.82, 2.24) is 9.80 Å². The van der Waals surface area contributed by atoms with E-state index in [0.29, 0.717) is 18.7 Å². The van der Waals surface area contributed by atoms with Crippen LogP contribution >= 0.6 is 0 Å². The number of carbonyl (C=O) groups excluding carboxylic acids is 2. The zero-order valence-electron chi connectivity index (χ0n) is 16.2. The van der Waals surface area contributed by atoms with Gasteiger partial charge in [0.15, 0.2) is 11.5 Å². The molecule has 0 unspecified atom stereocenters. The van der Waals surface area contributed by atoms with E-state index in [2.05, 4.69) is 0 Å². The van der Waals surface area contributed by atoms with E-state index < -0.39 is 23.5 Å². The Kier molecular flexibility index (Phi) is 5.84. The Hall–Kier alpha value is -3.06. The molecule has 7 nitrogen and oxygen atoms in total. The number of amides is 1. The van der Waals surface area contributed by atoms with Gasteiger partial charge in [0.25, 0.3) is 5.91 Å². The van der Waals surface area contributed by atoms with Crippen molar-refractivity contribution in [2.24, 2.45) is 0 Å². The number of hydrogen-bond acceptors (Lipinski definition) is 6. The maximum absolute atomic E-state index is 13.0. The van der Waals surface area contributed by atoms with Gasteiger partial charge in [0.05, 0.1) is 25.0 Å². The maximum atomic E-state index is 13.0. The number of aliphatic hydroxyl groups is 1. The summed E-state index contributed by atoms with van der Waals surface area (Å²) in [5.41, 5.74) is 0.757. The molecular formula is C21H24N2O5. The molecular weight excluding hydrogens is 360 g/mol. The topological polar surface area (TPSA) is 83.2 Å². The Morgan fingerprint density at radius 1 is 1.25 bits per heavy atom. The van der Waals surface area contributed by atoms with Gasteiger partial charge in [-0.1, -0.05) is 12.1 Å². The molecule has 0 spiro atoms. The van der Waals surface area contributed by atoms with Crippen molar-refractivity contribution in [3.63, 3.8) is 0 Å². The largest absolute Gasteiger partial charge is 0.503 e. The van der Waals surface area contributed by atoms with Crippen LogP contribution in [0.4, 0.5) is 0 Å². The number of methoxy groups -OCH3 is 1. The van der Waals surface area contributed by atoms with Crippen molar-refractivity contribution < 1.29 is 23.8 Å². The van der Waals surface area contributed by atoms with Gasteiger partial charge in [-0.15, -0.1) is 0 Å². The molecule has 1 N–H and O–H groups in total. The summed E-state index contributed by atoms with van der Waals surface area (Å²) in [6.07, 6.45) is 2.10.